The molecule has 0 aromatic rings. The maximum Gasteiger partial charge on any atom is 0.224 e. The highest BCUT2D eigenvalue weighted by Crippen LogP contribution is 2.02. The van der Waals surface area contributed by atoms with Crippen molar-refractivity contribution in [1.29, 1.82) is 0 Å². The largest absolute Gasteiger partial charge is 0.291 e. The Morgan fingerprint density at radius 3 is 2.46 bits per heavy atom. The molecule has 0 unspecified atom stereocenters. The molecule has 0 aromatic heterocycles. The van der Waals surface area contributed by atoms with Crippen LogP contribution in [-0.4, -0.2) is 11.6 Å². The van der Waals surface area contributed by atoms with Gasteiger partial charge in [-0.2, -0.15) is 0 Å². The molecule has 0 aromatic carbocycles. The maximum atomic E-state index is 11.3. The van der Waals surface area contributed by atoms with Crippen LogP contribution >= 0.6 is 0 Å². The fraction of sp³-hybridized carbons (Fsp3) is 0.455. The Hall–Kier alpha value is -1.18. The summed E-state index contributed by atoms with van der Waals surface area (Å²) in [4.78, 5) is 22.5. The van der Waals surface area contributed by atoms with Crippen molar-refractivity contribution >= 4 is 11.6 Å². The molecule has 0 heterocycles. The molecule has 0 aliphatic heterocycles. The van der Waals surface area contributed by atoms with E-state index in [4.69, 9.17) is 0 Å². The van der Waals surface area contributed by atoms with Crippen LogP contribution in [0.3, 0.4) is 0 Å². The first-order valence-electron chi connectivity index (χ1n) is 4.50. The third-order valence-electron chi connectivity index (χ3n) is 1.74. The molecular weight excluding hydrogens is 164 g/mol. The van der Waals surface area contributed by atoms with Gasteiger partial charge >= 0.3 is 0 Å². The van der Waals surface area contributed by atoms with Gasteiger partial charge < -0.3 is 0 Å². The minimum atomic E-state index is -0.381. The zero-order valence-electron chi connectivity index (χ0n) is 8.30. The predicted molar refractivity (Wildman–Crippen MR) is 53.5 cm³/mol. The van der Waals surface area contributed by atoms with Crippen molar-refractivity contribution in [3.05, 3.63) is 24.3 Å². The number of hydrogen-bond donors (Lipinski definition) is 0. The number of carbonyl (C=O) groups is 2. The molecule has 0 spiro atoms. The monoisotopic (exact) mass is 180 g/mol. The van der Waals surface area contributed by atoms with Crippen LogP contribution in [0.4, 0.5) is 0 Å². The molecule has 0 atom stereocenters. The van der Waals surface area contributed by atoms with Crippen LogP contribution in [-0.2, 0) is 9.59 Å². The summed E-state index contributed by atoms with van der Waals surface area (Å²) >= 11 is 0. The topological polar surface area (TPSA) is 34.1 Å². The number of carbonyl (C=O) groups excluding carboxylic acids is 2. The number of Topliss-reactive ketones (excluding diaryl/α,β-unsaturated/α-hetero) is 2. The van der Waals surface area contributed by atoms with Crippen LogP contribution in [0.2, 0.25) is 0 Å². The summed E-state index contributed by atoms with van der Waals surface area (Å²) in [6.07, 6.45) is 5.15. The molecule has 13 heavy (non-hydrogen) atoms. The highest BCUT2D eigenvalue weighted by Gasteiger charge is 2.13. The number of rotatable bonds is 6. The lowest BCUT2D eigenvalue weighted by molar-refractivity contribution is -0.134. The van der Waals surface area contributed by atoms with E-state index in [1.165, 1.54) is 6.08 Å². The molecule has 0 N–H and O–H groups in total. The molecule has 2 heteroatoms. The van der Waals surface area contributed by atoms with Crippen LogP contribution in [0, 0.1) is 0 Å². The second-order valence-corrected chi connectivity index (χ2v) is 2.94. The molecule has 2 nitrogen and oxygen atoms in total. The Balaban J connectivity index is 4.18. The van der Waals surface area contributed by atoms with E-state index in [-0.39, 0.29) is 11.6 Å². The first kappa shape index (κ1) is 11.8. The highest BCUT2D eigenvalue weighted by molar-refractivity contribution is 6.43. The van der Waals surface area contributed by atoms with E-state index in [1.807, 2.05) is 6.92 Å². The summed E-state index contributed by atoms with van der Waals surface area (Å²) in [6, 6.07) is 0. The van der Waals surface area contributed by atoms with Crippen molar-refractivity contribution in [1.82, 2.24) is 0 Å². The second kappa shape index (κ2) is 6.35. The lowest BCUT2D eigenvalue weighted by Crippen LogP contribution is -2.14. The molecule has 0 fully saturated rings. The van der Waals surface area contributed by atoms with E-state index in [0.29, 0.717) is 12.0 Å². The highest BCUT2D eigenvalue weighted by atomic mass is 16.2. The van der Waals surface area contributed by atoms with Crippen LogP contribution in [0.15, 0.2) is 24.3 Å². The quantitative estimate of drug-likeness (QED) is 0.357. The lowest BCUT2D eigenvalue weighted by atomic mass is 10.0. The van der Waals surface area contributed by atoms with E-state index in [1.54, 1.807) is 13.0 Å². The van der Waals surface area contributed by atoms with Gasteiger partial charge in [0.05, 0.1) is 0 Å². The Morgan fingerprint density at radius 2 is 2.00 bits per heavy atom. The van der Waals surface area contributed by atoms with Crippen molar-refractivity contribution in [3.8, 4) is 0 Å². The number of allylic oxidation sites excluding steroid dienone is 3. The van der Waals surface area contributed by atoms with E-state index in [0.717, 1.165) is 12.8 Å². The smallest absolute Gasteiger partial charge is 0.224 e. The van der Waals surface area contributed by atoms with Crippen LogP contribution in [0.5, 0.6) is 0 Å². The summed E-state index contributed by atoms with van der Waals surface area (Å²) in [6.45, 7) is 7.09. The van der Waals surface area contributed by atoms with E-state index in [9.17, 15) is 9.59 Å². The van der Waals surface area contributed by atoms with Crippen LogP contribution in [0.25, 0.3) is 0 Å². The molecule has 0 radical (unpaired) electrons. The van der Waals surface area contributed by atoms with E-state index in [2.05, 4.69) is 6.58 Å². The molecular formula is C11H16O2. The van der Waals surface area contributed by atoms with Crippen molar-refractivity contribution in [2.75, 3.05) is 0 Å². The Labute approximate surface area is 79.3 Å². The number of hydrogen-bond acceptors (Lipinski definition) is 2. The Kier molecular flexibility index (Phi) is 5.77. The third kappa shape index (κ3) is 4.41. The Bertz CT molecular complexity index is 236. The molecule has 0 saturated carbocycles. The molecule has 0 bridgehead atoms. The van der Waals surface area contributed by atoms with Crippen LogP contribution < -0.4 is 0 Å². The standard InChI is InChI=1S/C11H16O2/c1-4-6-8-10(12)11(13)9(3)7-5-2/h5,7H,2,4,6,8H2,1,3H3. The summed E-state index contributed by atoms with van der Waals surface area (Å²) in [5.74, 6) is -0.675. The summed E-state index contributed by atoms with van der Waals surface area (Å²) in [5, 5.41) is 0. The van der Waals surface area contributed by atoms with Crippen LogP contribution in [0.1, 0.15) is 33.1 Å². The fourth-order valence-corrected chi connectivity index (χ4v) is 0.923. The maximum absolute atomic E-state index is 11.3. The second-order valence-electron chi connectivity index (χ2n) is 2.94. The van der Waals surface area contributed by atoms with Gasteiger partial charge in [0.15, 0.2) is 0 Å². The van der Waals surface area contributed by atoms with Gasteiger partial charge in [0.2, 0.25) is 11.6 Å². The minimum absolute atomic E-state index is 0.294. The van der Waals surface area contributed by atoms with Crippen molar-refractivity contribution < 1.29 is 9.59 Å². The summed E-state index contributed by atoms with van der Waals surface area (Å²) in [5.41, 5.74) is 0.469. The van der Waals surface area contributed by atoms with Gasteiger partial charge in [-0.1, -0.05) is 32.1 Å². The van der Waals surface area contributed by atoms with Gasteiger partial charge in [0.1, 0.15) is 0 Å². The SMILES string of the molecule is C=CC=C(C)C(=O)C(=O)CCCC. The van der Waals surface area contributed by atoms with E-state index < -0.39 is 0 Å². The summed E-state index contributed by atoms with van der Waals surface area (Å²) in [7, 11) is 0. The molecule has 0 rings (SSSR count). The predicted octanol–water partition coefficient (Wildman–Crippen LogP) is 2.45. The number of unbranched alkanes of at least 4 members (excludes halogenated alkanes) is 1. The fourth-order valence-electron chi connectivity index (χ4n) is 0.923. The van der Waals surface area contributed by atoms with Gasteiger partial charge in [-0.05, 0) is 13.3 Å². The van der Waals surface area contributed by atoms with Crippen molar-refractivity contribution in [2.24, 2.45) is 0 Å². The van der Waals surface area contributed by atoms with E-state index >= 15 is 0 Å². The minimum Gasteiger partial charge on any atom is -0.291 e. The van der Waals surface area contributed by atoms with Gasteiger partial charge in [-0.15, -0.1) is 0 Å². The normalized spacial score (nSPS) is 11.1. The first-order valence-corrected chi connectivity index (χ1v) is 4.50. The molecule has 0 aliphatic rings. The van der Waals surface area contributed by atoms with Crippen molar-refractivity contribution in [3.63, 3.8) is 0 Å². The van der Waals surface area contributed by atoms with Gasteiger partial charge in [-0.3, -0.25) is 9.59 Å². The molecule has 0 aliphatic carbocycles. The van der Waals surface area contributed by atoms with Gasteiger partial charge in [-0.25, -0.2) is 0 Å². The first-order chi connectivity index (χ1) is 6.13. The average Bonchev–Trinajstić information content (AvgIpc) is 2.13. The average molecular weight is 180 g/mol. The third-order valence-corrected chi connectivity index (χ3v) is 1.74. The number of ketones is 2. The van der Waals surface area contributed by atoms with Crippen molar-refractivity contribution in [2.45, 2.75) is 33.1 Å². The summed E-state index contributed by atoms with van der Waals surface area (Å²) < 4.78 is 0. The Morgan fingerprint density at radius 1 is 1.38 bits per heavy atom. The molecule has 0 saturated heterocycles. The zero-order valence-corrected chi connectivity index (χ0v) is 8.30. The molecule has 0 amide bonds. The van der Waals surface area contributed by atoms with Gasteiger partial charge in [0.25, 0.3) is 0 Å². The van der Waals surface area contributed by atoms with Gasteiger partial charge in [0, 0.05) is 12.0 Å². The lowest BCUT2D eigenvalue weighted by Gasteiger charge is -1.97. The molecule has 72 valence electrons. The zero-order chi connectivity index (χ0) is 10.3.